The molecule has 0 unspecified atom stereocenters. The Labute approximate surface area is 396 Å². The maximum absolute atomic E-state index is 2.39. The zero-order valence-electron chi connectivity index (χ0n) is 44.1. The molecule has 0 fully saturated rings. The largest absolute Gasteiger partial charge is 0.0654 e. The van der Waals surface area contributed by atoms with Crippen LogP contribution in [-0.2, 0) is 32.1 Å². The Balaban J connectivity index is 0.00000118. The molecule has 3 rings (SSSR count). The summed E-state index contributed by atoms with van der Waals surface area (Å²) in [5.41, 5.74) is 14.2. The molecule has 0 aliphatic heterocycles. The van der Waals surface area contributed by atoms with Gasteiger partial charge in [0.05, 0.1) is 0 Å². The second-order valence-corrected chi connectivity index (χ2v) is 19.6. The molecule has 0 N–H and O–H groups in total. The Morgan fingerprint density at radius 3 is 0.746 bits per heavy atom. The van der Waals surface area contributed by atoms with E-state index in [9.17, 15) is 0 Å². The van der Waals surface area contributed by atoms with Crippen molar-refractivity contribution in [1.82, 2.24) is 0 Å². The van der Waals surface area contributed by atoms with Gasteiger partial charge in [-0.15, -0.1) is 0 Å². The lowest BCUT2D eigenvalue weighted by atomic mass is 9.73. The van der Waals surface area contributed by atoms with Gasteiger partial charge in [-0.25, -0.2) is 0 Å². The molecule has 0 aliphatic rings. The van der Waals surface area contributed by atoms with Gasteiger partial charge in [-0.05, 0) is 130 Å². The minimum atomic E-state index is 0.786. The first kappa shape index (κ1) is 58.7. The molecule has 0 saturated carbocycles. The van der Waals surface area contributed by atoms with Crippen molar-refractivity contribution >= 4 is 0 Å². The smallest absolute Gasteiger partial charge is 0.0156 e. The Bertz CT molecular complexity index is 1300. The normalized spacial score (nSPS) is 11.1. The van der Waals surface area contributed by atoms with Crippen LogP contribution in [0.3, 0.4) is 0 Å². The summed E-state index contributed by atoms with van der Waals surface area (Å²) in [5, 5.41) is 0. The van der Waals surface area contributed by atoms with Crippen LogP contribution in [0.15, 0.2) is 60.7 Å². The molecule has 0 amide bonds. The Hall–Kier alpha value is -2.34. The van der Waals surface area contributed by atoms with Crippen molar-refractivity contribution in [3.05, 3.63) is 105 Å². The molecule has 0 heterocycles. The van der Waals surface area contributed by atoms with Gasteiger partial charge in [-0.1, -0.05) is 268 Å². The molecule has 3 aromatic carbocycles. The summed E-state index contributed by atoms with van der Waals surface area (Å²) in [5.74, 6) is 0.786. The average molecular weight is 866 g/mol. The highest BCUT2D eigenvalue weighted by atomic mass is 14.3. The van der Waals surface area contributed by atoms with Crippen molar-refractivity contribution in [2.24, 2.45) is 0 Å². The standard InChI is InChI=1S/C49H92.2C7H8/c1-8-15-22-29-36-43(37-30-23-16-9-2)49-47(41-34-27-20-13-6)45(39-32-25-18-11-4)44(38-31-24-17-10-3)46(40-33-26-19-12-5)48(49)42-35-28-21-14-7;2*1-7-5-3-2-4-6-7/h43H,8-42H2,1-7H3;2*2-6H,1H3. The minimum absolute atomic E-state index is 0.786. The SMILES string of the molecule is CCCCCCc1c(CCCCCC)c(CCCCCC)c(C(CCCCCC)CCCCCC)c(CCCCCC)c1CCCCCC.Cc1ccccc1.Cc1ccccc1. The van der Waals surface area contributed by atoms with Crippen LogP contribution in [0.4, 0.5) is 0 Å². The van der Waals surface area contributed by atoms with Crippen LogP contribution in [-0.4, -0.2) is 0 Å². The Morgan fingerprint density at radius 1 is 0.270 bits per heavy atom. The van der Waals surface area contributed by atoms with E-state index in [4.69, 9.17) is 0 Å². The van der Waals surface area contributed by atoms with E-state index in [1.165, 1.54) is 236 Å². The van der Waals surface area contributed by atoms with Gasteiger partial charge in [0.15, 0.2) is 0 Å². The maximum atomic E-state index is 2.39. The molecule has 0 bridgehead atoms. The van der Waals surface area contributed by atoms with Crippen molar-refractivity contribution in [2.75, 3.05) is 0 Å². The Kier molecular flexibility index (Phi) is 39.4. The fourth-order valence-corrected chi connectivity index (χ4v) is 9.80. The lowest BCUT2D eigenvalue weighted by Gasteiger charge is -2.32. The third kappa shape index (κ3) is 28.3. The van der Waals surface area contributed by atoms with Gasteiger partial charge in [0.1, 0.15) is 0 Å². The highest BCUT2D eigenvalue weighted by Crippen LogP contribution is 2.42. The van der Waals surface area contributed by atoms with E-state index in [2.05, 4.69) is 86.6 Å². The van der Waals surface area contributed by atoms with Crippen LogP contribution in [0.5, 0.6) is 0 Å². The topological polar surface area (TPSA) is 0 Å². The highest BCUT2D eigenvalue weighted by Gasteiger charge is 2.27. The zero-order valence-corrected chi connectivity index (χ0v) is 44.1. The summed E-state index contributed by atoms with van der Waals surface area (Å²) in [6.07, 6.45) is 48.8. The van der Waals surface area contributed by atoms with Crippen LogP contribution in [0.25, 0.3) is 0 Å². The summed E-state index contributed by atoms with van der Waals surface area (Å²) < 4.78 is 0. The number of aryl methyl sites for hydroxylation is 2. The molecule has 0 aromatic heterocycles. The van der Waals surface area contributed by atoms with Crippen molar-refractivity contribution in [3.63, 3.8) is 0 Å². The molecule has 63 heavy (non-hydrogen) atoms. The number of benzene rings is 3. The van der Waals surface area contributed by atoms with E-state index in [1.54, 1.807) is 0 Å². The maximum Gasteiger partial charge on any atom is -0.0156 e. The first-order valence-electron chi connectivity index (χ1n) is 28.1. The molecule has 360 valence electrons. The van der Waals surface area contributed by atoms with E-state index in [-0.39, 0.29) is 0 Å². The monoisotopic (exact) mass is 865 g/mol. The van der Waals surface area contributed by atoms with Crippen molar-refractivity contribution in [3.8, 4) is 0 Å². The van der Waals surface area contributed by atoms with Gasteiger partial charge in [0, 0.05) is 0 Å². The Morgan fingerprint density at radius 2 is 0.508 bits per heavy atom. The van der Waals surface area contributed by atoms with Crippen LogP contribution in [0.2, 0.25) is 0 Å². The summed E-state index contributed by atoms with van der Waals surface area (Å²) in [4.78, 5) is 0. The van der Waals surface area contributed by atoms with Crippen LogP contribution in [0, 0.1) is 13.8 Å². The second-order valence-electron chi connectivity index (χ2n) is 19.6. The first-order valence-corrected chi connectivity index (χ1v) is 28.1. The van der Waals surface area contributed by atoms with Gasteiger partial charge in [-0.3, -0.25) is 0 Å². The van der Waals surface area contributed by atoms with E-state index in [0.717, 1.165) is 5.92 Å². The molecule has 0 radical (unpaired) electrons. The van der Waals surface area contributed by atoms with Gasteiger partial charge in [-0.2, -0.15) is 0 Å². The van der Waals surface area contributed by atoms with Gasteiger partial charge in [0.25, 0.3) is 0 Å². The molecule has 0 spiro atoms. The zero-order chi connectivity index (χ0) is 46.0. The lowest BCUT2D eigenvalue weighted by molar-refractivity contribution is 0.487. The number of hydrogen-bond acceptors (Lipinski definition) is 0. The fraction of sp³-hybridized carbons (Fsp3) is 0.714. The molecule has 3 aromatic rings. The van der Waals surface area contributed by atoms with Crippen molar-refractivity contribution < 1.29 is 0 Å². The second kappa shape index (κ2) is 42.3. The van der Waals surface area contributed by atoms with Crippen LogP contribution < -0.4 is 0 Å². The average Bonchev–Trinajstić information content (AvgIpc) is 3.29. The number of rotatable bonds is 36. The summed E-state index contributed by atoms with van der Waals surface area (Å²) in [6, 6.07) is 20.5. The van der Waals surface area contributed by atoms with Gasteiger partial charge >= 0.3 is 0 Å². The third-order valence-electron chi connectivity index (χ3n) is 13.6. The summed E-state index contributed by atoms with van der Waals surface area (Å²) in [7, 11) is 0. The predicted molar refractivity (Wildman–Crippen MR) is 288 cm³/mol. The predicted octanol–water partition coefficient (Wildman–Crippen LogP) is 21.3. The number of hydrogen-bond donors (Lipinski definition) is 0. The van der Waals surface area contributed by atoms with Crippen LogP contribution in [0.1, 0.15) is 292 Å². The van der Waals surface area contributed by atoms with Crippen molar-refractivity contribution in [1.29, 1.82) is 0 Å². The molecular formula is C63H108. The van der Waals surface area contributed by atoms with E-state index in [0.29, 0.717) is 0 Å². The lowest BCUT2D eigenvalue weighted by Crippen LogP contribution is -2.18. The first-order chi connectivity index (χ1) is 30.9. The van der Waals surface area contributed by atoms with Gasteiger partial charge < -0.3 is 0 Å². The fourth-order valence-electron chi connectivity index (χ4n) is 9.80. The quantitative estimate of drug-likeness (QED) is 0.0511. The molecule has 0 heteroatoms. The molecular weight excluding hydrogens is 757 g/mol. The van der Waals surface area contributed by atoms with Crippen molar-refractivity contribution in [2.45, 2.75) is 293 Å². The molecule has 0 nitrogen and oxygen atoms in total. The summed E-state index contributed by atoms with van der Waals surface area (Å²) in [6.45, 7) is 20.9. The van der Waals surface area contributed by atoms with Gasteiger partial charge in [0.2, 0.25) is 0 Å². The molecule has 0 saturated heterocycles. The van der Waals surface area contributed by atoms with Crippen LogP contribution >= 0.6 is 0 Å². The summed E-state index contributed by atoms with van der Waals surface area (Å²) >= 11 is 0. The van der Waals surface area contributed by atoms with E-state index >= 15 is 0 Å². The number of unbranched alkanes of at least 4 members (excludes halogenated alkanes) is 21. The molecule has 0 atom stereocenters. The highest BCUT2D eigenvalue weighted by molar-refractivity contribution is 5.54. The van der Waals surface area contributed by atoms with E-state index in [1.807, 2.05) is 69.8 Å². The third-order valence-corrected chi connectivity index (χ3v) is 13.6. The molecule has 0 aliphatic carbocycles. The minimum Gasteiger partial charge on any atom is -0.0654 e. The van der Waals surface area contributed by atoms with E-state index < -0.39 is 0 Å².